The zero-order chi connectivity index (χ0) is 14.4. The minimum absolute atomic E-state index is 0.0920. The van der Waals surface area contributed by atoms with Crippen LogP contribution >= 0.6 is 11.6 Å². The third-order valence-corrected chi connectivity index (χ3v) is 3.91. The van der Waals surface area contributed by atoms with E-state index in [9.17, 15) is 4.79 Å². The second kappa shape index (κ2) is 7.46. The molecule has 0 bridgehead atoms. The monoisotopic (exact) mass is 292 g/mol. The van der Waals surface area contributed by atoms with E-state index in [1.807, 2.05) is 42.2 Å². The average Bonchev–Trinajstić information content (AvgIpc) is 2.48. The molecule has 0 spiro atoms. The average molecular weight is 293 g/mol. The summed E-state index contributed by atoms with van der Waals surface area (Å²) in [6.07, 6.45) is 5.58. The number of benzene rings is 1. The Morgan fingerprint density at radius 2 is 2.00 bits per heavy atom. The molecule has 1 saturated heterocycles. The largest absolute Gasteiger partial charge is 0.336 e. The highest BCUT2D eigenvalue weighted by molar-refractivity contribution is 6.30. The fourth-order valence-corrected chi connectivity index (χ4v) is 2.68. The van der Waals surface area contributed by atoms with Crippen molar-refractivity contribution in [2.24, 2.45) is 0 Å². The molecule has 0 aliphatic carbocycles. The second-order valence-electron chi connectivity index (χ2n) is 4.99. The van der Waals surface area contributed by atoms with Crippen molar-refractivity contribution in [3.05, 3.63) is 40.9 Å². The van der Waals surface area contributed by atoms with Crippen LogP contribution in [-0.4, -0.2) is 36.5 Å². The van der Waals surface area contributed by atoms with Crippen LogP contribution in [-0.2, 0) is 4.79 Å². The van der Waals surface area contributed by atoms with E-state index in [0.29, 0.717) is 11.1 Å². The van der Waals surface area contributed by atoms with Gasteiger partial charge in [-0.3, -0.25) is 4.79 Å². The Morgan fingerprint density at radius 1 is 1.35 bits per heavy atom. The standard InChI is InChI=1S/C16H21ClN2O/c1-2-19(15-9-11-18-12-10-15)16(20)8-5-13-3-6-14(17)7-4-13/h3-8,15,18H,2,9-12H2,1H3/b8-5+. The Hall–Kier alpha value is -1.32. The zero-order valence-corrected chi connectivity index (χ0v) is 12.6. The molecular formula is C16H21ClN2O. The summed E-state index contributed by atoms with van der Waals surface area (Å²) in [6, 6.07) is 7.84. The lowest BCUT2D eigenvalue weighted by molar-refractivity contribution is -0.128. The number of carbonyl (C=O) groups is 1. The van der Waals surface area contributed by atoms with Crippen LogP contribution in [0.4, 0.5) is 0 Å². The molecule has 1 aromatic rings. The summed E-state index contributed by atoms with van der Waals surface area (Å²) in [7, 11) is 0. The maximum atomic E-state index is 12.3. The first-order valence-electron chi connectivity index (χ1n) is 7.15. The molecular weight excluding hydrogens is 272 g/mol. The van der Waals surface area contributed by atoms with Crippen LogP contribution in [0.25, 0.3) is 6.08 Å². The normalized spacial score (nSPS) is 16.5. The third kappa shape index (κ3) is 4.09. The minimum atomic E-state index is 0.0920. The number of amides is 1. The van der Waals surface area contributed by atoms with Crippen molar-refractivity contribution < 1.29 is 4.79 Å². The smallest absolute Gasteiger partial charge is 0.246 e. The highest BCUT2D eigenvalue weighted by atomic mass is 35.5. The predicted molar refractivity (Wildman–Crippen MR) is 83.8 cm³/mol. The zero-order valence-electron chi connectivity index (χ0n) is 11.8. The van der Waals surface area contributed by atoms with Gasteiger partial charge in [-0.2, -0.15) is 0 Å². The molecule has 3 nitrogen and oxygen atoms in total. The van der Waals surface area contributed by atoms with E-state index in [-0.39, 0.29) is 5.91 Å². The Balaban J connectivity index is 1.99. The van der Waals surface area contributed by atoms with Gasteiger partial charge in [0.1, 0.15) is 0 Å². The van der Waals surface area contributed by atoms with E-state index in [0.717, 1.165) is 38.0 Å². The number of nitrogens with zero attached hydrogens (tertiary/aromatic N) is 1. The number of hydrogen-bond acceptors (Lipinski definition) is 2. The summed E-state index contributed by atoms with van der Waals surface area (Å²) in [4.78, 5) is 14.3. The van der Waals surface area contributed by atoms with E-state index < -0.39 is 0 Å². The first kappa shape index (κ1) is 15.1. The molecule has 20 heavy (non-hydrogen) atoms. The van der Waals surface area contributed by atoms with E-state index in [4.69, 9.17) is 11.6 Å². The van der Waals surface area contributed by atoms with Crippen molar-refractivity contribution in [1.82, 2.24) is 10.2 Å². The molecule has 1 N–H and O–H groups in total. The van der Waals surface area contributed by atoms with E-state index in [1.165, 1.54) is 0 Å². The van der Waals surface area contributed by atoms with Gasteiger partial charge in [0.05, 0.1) is 0 Å². The minimum Gasteiger partial charge on any atom is -0.336 e. The van der Waals surface area contributed by atoms with Crippen molar-refractivity contribution in [1.29, 1.82) is 0 Å². The summed E-state index contributed by atoms with van der Waals surface area (Å²) < 4.78 is 0. The first-order chi connectivity index (χ1) is 9.70. The molecule has 108 valence electrons. The Bertz CT molecular complexity index is 464. The van der Waals surface area contributed by atoms with E-state index in [2.05, 4.69) is 5.32 Å². The SMILES string of the molecule is CCN(C(=O)/C=C/c1ccc(Cl)cc1)C1CCNCC1. The lowest BCUT2D eigenvalue weighted by Crippen LogP contribution is -2.45. The second-order valence-corrected chi connectivity index (χ2v) is 5.43. The molecule has 4 heteroatoms. The van der Waals surface area contributed by atoms with Crippen LogP contribution in [0.15, 0.2) is 30.3 Å². The van der Waals surface area contributed by atoms with Crippen LogP contribution in [0.1, 0.15) is 25.3 Å². The molecule has 1 heterocycles. The lowest BCUT2D eigenvalue weighted by atomic mass is 10.0. The van der Waals surface area contributed by atoms with Gasteiger partial charge in [-0.25, -0.2) is 0 Å². The topological polar surface area (TPSA) is 32.3 Å². The first-order valence-corrected chi connectivity index (χ1v) is 7.53. The van der Waals surface area contributed by atoms with Crippen molar-refractivity contribution in [2.45, 2.75) is 25.8 Å². The summed E-state index contributed by atoms with van der Waals surface area (Å²) >= 11 is 5.84. The van der Waals surface area contributed by atoms with Crippen LogP contribution < -0.4 is 5.32 Å². The van der Waals surface area contributed by atoms with Gasteiger partial charge in [0.2, 0.25) is 5.91 Å². The van der Waals surface area contributed by atoms with Crippen LogP contribution in [0, 0.1) is 0 Å². The van der Waals surface area contributed by atoms with Crippen LogP contribution in [0.2, 0.25) is 5.02 Å². The van der Waals surface area contributed by atoms with Crippen molar-refractivity contribution in [2.75, 3.05) is 19.6 Å². The molecule has 1 aromatic carbocycles. The molecule has 0 atom stereocenters. The van der Waals surface area contributed by atoms with Gasteiger partial charge in [0.15, 0.2) is 0 Å². The number of piperidine rings is 1. The maximum absolute atomic E-state index is 12.3. The summed E-state index contributed by atoms with van der Waals surface area (Å²) in [5.41, 5.74) is 0.990. The van der Waals surface area contributed by atoms with Crippen LogP contribution in [0.5, 0.6) is 0 Å². The van der Waals surface area contributed by atoms with E-state index >= 15 is 0 Å². The Morgan fingerprint density at radius 3 is 2.60 bits per heavy atom. The summed E-state index contributed by atoms with van der Waals surface area (Å²) in [5, 5.41) is 4.03. The van der Waals surface area contributed by atoms with Gasteiger partial charge in [0.25, 0.3) is 0 Å². The number of likely N-dealkylation sites (N-methyl/N-ethyl adjacent to an activating group) is 1. The molecule has 0 saturated carbocycles. The molecule has 1 amide bonds. The highest BCUT2D eigenvalue weighted by Crippen LogP contribution is 2.14. The highest BCUT2D eigenvalue weighted by Gasteiger charge is 2.22. The quantitative estimate of drug-likeness (QED) is 0.866. The van der Waals surface area contributed by atoms with Gasteiger partial charge in [0, 0.05) is 23.7 Å². The number of halogens is 1. The molecule has 1 fully saturated rings. The number of carbonyl (C=O) groups excluding carboxylic acids is 1. The van der Waals surface area contributed by atoms with Gasteiger partial charge in [-0.1, -0.05) is 23.7 Å². The molecule has 0 radical (unpaired) electrons. The molecule has 0 unspecified atom stereocenters. The van der Waals surface area contributed by atoms with Crippen molar-refractivity contribution >= 4 is 23.6 Å². The maximum Gasteiger partial charge on any atom is 0.246 e. The van der Waals surface area contributed by atoms with Gasteiger partial charge < -0.3 is 10.2 Å². The molecule has 2 rings (SSSR count). The lowest BCUT2D eigenvalue weighted by Gasteiger charge is -2.33. The Labute approximate surface area is 125 Å². The third-order valence-electron chi connectivity index (χ3n) is 3.66. The van der Waals surface area contributed by atoms with Gasteiger partial charge in [-0.05, 0) is 56.6 Å². The van der Waals surface area contributed by atoms with E-state index in [1.54, 1.807) is 6.08 Å². The fourth-order valence-electron chi connectivity index (χ4n) is 2.55. The Kier molecular flexibility index (Phi) is 5.62. The van der Waals surface area contributed by atoms with Crippen molar-refractivity contribution in [3.63, 3.8) is 0 Å². The number of nitrogens with one attached hydrogen (secondary N) is 1. The van der Waals surface area contributed by atoms with Crippen LogP contribution in [0.3, 0.4) is 0 Å². The number of hydrogen-bond donors (Lipinski definition) is 1. The fraction of sp³-hybridized carbons (Fsp3) is 0.438. The molecule has 1 aliphatic rings. The van der Waals surface area contributed by atoms with Gasteiger partial charge in [-0.15, -0.1) is 0 Å². The predicted octanol–water partition coefficient (Wildman–Crippen LogP) is 2.95. The number of rotatable bonds is 4. The summed E-state index contributed by atoms with van der Waals surface area (Å²) in [5.74, 6) is 0.0920. The molecule has 1 aliphatic heterocycles. The molecule has 0 aromatic heterocycles. The van der Waals surface area contributed by atoms with Crippen molar-refractivity contribution in [3.8, 4) is 0 Å². The summed E-state index contributed by atoms with van der Waals surface area (Å²) in [6.45, 7) is 4.79. The van der Waals surface area contributed by atoms with Gasteiger partial charge >= 0.3 is 0 Å².